The van der Waals surface area contributed by atoms with E-state index in [-0.39, 0.29) is 12.3 Å². The number of fused-ring (bicyclic) bond motifs is 3. The first-order chi connectivity index (χ1) is 11.9. The topological polar surface area (TPSA) is 93.1 Å². The summed E-state index contributed by atoms with van der Waals surface area (Å²) in [6.07, 6.45) is -1.86. The average Bonchev–Trinajstić information content (AvgIpc) is 2.89. The Hall–Kier alpha value is -1.92. The Balaban J connectivity index is 1.98. The Morgan fingerprint density at radius 3 is 2.72 bits per heavy atom. The van der Waals surface area contributed by atoms with Gasteiger partial charge in [-0.3, -0.25) is 4.79 Å². The largest absolute Gasteiger partial charge is 0.496 e. The van der Waals surface area contributed by atoms with Gasteiger partial charge in [0.05, 0.1) is 24.7 Å². The van der Waals surface area contributed by atoms with Crippen LogP contribution in [0, 0.1) is 24.2 Å². The molecular formula is C19H22O6. The third-order valence-corrected chi connectivity index (χ3v) is 6.74. The molecule has 2 aliphatic carbocycles. The van der Waals surface area contributed by atoms with Crippen LogP contribution in [0.1, 0.15) is 42.1 Å². The Bertz CT molecular complexity index is 759. The summed E-state index contributed by atoms with van der Waals surface area (Å²) in [5, 5.41) is 21.7. The van der Waals surface area contributed by atoms with Gasteiger partial charge in [0.15, 0.2) is 0 Å². The van der Waals surface area contributed by atoms with E-state index in [1.54, 1.807) is 14.0 Å². The van der Waals surface area contributed by atoms with Gasteiger partial charge in [0.25, 0.3) is 0 Å². The number of carbonyl (C=O) groups is 2. The number of carbonyl (C=O) groups excluding carboxylic acids is 2. The number of aliphatic hydroxyl groups is 2. The van der Waals surface area contributed by atoms with Crippen LogP contribution in [0.2, 0.25) is 0 Å². The highest BCUT2D eigenvalue weighted by Crippen LogP contribution is 2.67. The van der Waals surface area contributed by atoms with E-state index in [0.717, 1.165) is 16.7 Å². The molecule has 0 spiro atoms. The third kappa shape index (κ3) is 1.76. The molecule has 3 fully saturated rings. The molecule has 2 saturated heterocycles. The maximum Gasteiger partial charge on any atom is 0.313 e. The molecule has 1 aromatic rings. The second-order valence-corrected chi connectivity index (χ2v) is 7.46. The molecule has 0 radical (unpaired) electrons. The van der Waals surface area contributed by atoms with E-state index in [9.17, 15) is 19.8 Å². The van der Waals surface area contributed by atoms with Crippen molar-refractivity contribution < 1.29 is 29.3 Å². The van der Waals surface area contributed by atoms with Crippen LogP contribution in [0.3, 0.4) is 0 Å². The van der Waals surface area contributed by atoms with Crippen molar-refractivity contribution in [1.29, 1.82) is 0 Å². The van der Waals surface area contributed by atoms with Gasteiger partial charge in [-0.05, 0) is 29.7 Å². The molecule has 6 heteroatoms. The molecule has 1 saturated carbocycles. The molecule has 134 valence electrons. The summed E-state index contributed by atoms with van der Waals surface area (Å²) < 4.78 is 10.9. The lowest BCUT2D eigenvalue weighted by atomic mass is 9.51. The zero-order chi connectivity index (χ0) is 18.1. The fourth-order valence-electron chi connectivity index (χ4n) is 5.52. The summed E-state index contributed by atoms with van der Waals surface area (Å²) in [6.45, 7) is 3.66. The van der Waals surface area contributed by atoms with Gasteiger partial charge in [-0.2, -0.15) is 0 Å². The van der Waals surface area contributed by atoms with Crippen LogP contribution in [0.15, 0.2) is 12.1 Å². The quantitative estimate of drug-likeness (QED) is 0.632. The van der Waals surface area contributed by atoms with Crippen LogP contribution in [0.4, 0.5) is 0 Å². The Kier molecular flexibility index (Phi) is 3.50. The number of rotatable bonds is 3. The van der Waals surface area contributed by atoms with Crippen molar-refractivity contribution in [3.63, 3.8) is 0 Å². The van der Waals surface area contributed by atoms with Gasteiger partial charge in [0.1, 0.15) is 18.1 Å². The van der Waals surface area contributed by atoms with E-state index in [2.05, 4.69) is 0 Å². The van der Waals surface area contributed by atoms with Crippen LogP contribution in [-0.2, 0) is 14.3 Å². The predicted molar refractivity (Wildman–Crippen MR) is 87.1 cm³/mol. The predicted octanol–water partition coefficient (Wildman–Crippen LogP) is 1.26. The molecule has 0 aromatic heterocycles. The first-order valence-corrected chi connectivity index (χ1v) is 8.58. The number of hydrogen-bond donors (Lipinski definition) is 2. The van der Waals surface area contributed by atoms with Gasteiger partial charge in [0.2, 0.25) is 0 Å². The van der Waals surface area contributed by atoms with Crippen LogP contribution in [0.25, 0.3) is 0 Å². The fraction of sp³-hybridized carbons (Fsp3) is 0.579. The lowest BCUT2D eigenvalue weighted by molar-refractivity contribution is -0.243. The molecule has 5 rings (SSSR count). The van der Waals surface area contributed by atoms with Gasteiger partial charge < -0.3 is 24.5 Å². The summed E-state index contributed by atoms with van der Waals surface area (Å²) in [5.41, 5.74) is 1.26. The monoisotopic (exact) mass is 346 g/mol. The van der Waals surface area contributed by atoms with Crippen molar-refractivity contribution in [2.45, 2.75) is 44.5 Å². The van der Waals surface area contributed by atoms with Gasteiger partial charge in [-0.25, -0.2) is 0 Å². The second-order valence-electron chi connectivity index (χ2n) is 7.46. The van der Waals surface area contributed by atoms with E-state index in [1.807, 2.05) is 19.1 Å². The summed E-state index contributed by atoms with van der Waals surface area (Å²) >= 11 is 0. The van der Waals surface area contributed by atoms with Crippen molar-refractivity contribution in [3.8, 4) is 5.75 Å². The molecule has 2 heterocycles. The zero-order valence-electron chi connectivity index (χ0n) is 14.4. The maximum atomic E-state index is 12.8. The molecule has 4 aliphatic rings. The molecule has 2 N–H and O–H groups in total. The number of methoxy groups -OCH3 is 1. The van der Waals surface area contributed by atoms with Crippen LogP contribution >= 0.6 is 0 Å². The van der Waals surface area contributed by atoms with Crippen LogP contribution in [0.5, 0.6) is 5.75 Å². The number of benzene rings is 1. The normalized spacial score (nSPS) is 41.1. The smallest absolute Gasteiger partial charge is 0.313 e. The summed E-state index contributed by atoms with van der Waals surface area (Å²) in [6, 6.07) is 3.70. The average molecular weight is 346 g/mol. The number of aldehydes is 1. The van der Waals surface area contributed by atoms with E-state index in [4.69, 9.17) is 9.47 Å². The highest BCUT2D eigenvalue weighted by Gasteiger charge is 2.71. The van der Waals surface area contributed by atoms with Crippen molar-refractivity contribution in [2.75, 3.05) is 7.11 Å². The number of hydrogen-bond acceptors (Lipinski definition) is 6. The molecule has 0 amide bonds. The molecule has 2 unspecified atom stereocenters. The third-order valence-electron chi connectivity index (χ3n) is 6.74. The SMILES string of the molecule is COc1ccc2c(c1C)[C@H](O)[C@H]1[C@@H]2[C@]2(CC=O)C(=O)O[C@H]1C(O)C2C. The Morgan fingerprint density at radius 2 is 2.08 bits per heavy atom. The molecule has 7 atom stereocenters. The van der Waals surface area contributed by atoms with Crippen molar-refractivity contribution in [2.24, 2.45) is 17.3 Å². The minimum atomic E-state index is -1.14. The molecule has 2 aliphatic heterocycles. The summed E-state index contributed by atoms with van der Waals surface area (Å²) in [7, 11) is 1.57. The van der Waals surface area contributed by atoms with E-state index < -0.39 is 41.5 Å². The Morgan fingerprint density at radius 1 is 1.36 bits per heavy atom. The van der Waals surface area contributed by atoms with Gasteiger partial charge in [0, 0.05) is 24.2 Å². The zero-order valence-corrected chi connectivity index (χ0v) is 14.4. The fourth-order valence-corrected chi connectivity index (χ4v) is 5.52. The van der Waals surface area contributed by atoms with Gasteiger partial charge >= 0.3 is 5.97 Å². The lowest BCUT2D eigenvalue weighted by Gasteiger charge is -2.57. The molecule has 2 bridgehead atoms. The second kappa shape index (κ2) is 5.29. The molecule has 6 nitrogen and oxygen atoms in total. The Labute approximate surface area is 145 Å². The minimum Gasteiger partial charge on any atom is -0.496 e. The standard InChI is InChI=1S/C19H22O6/c1-8-11(24-3)5-4-10-12(8)16(22)13-14(10)19(6-7-20)9(2)15(21)17(13)25-18(19)23/h4-5,7,9,13-17,21-22H,6H2,1-3H3/t9?,13-,14-,15?,16+,17-,19-/m1/s1. The van der Waals surface area contributed by atoms with E-state index in [1.165, 1.54) is 0 Å². The first-order valence-electron chi connectivity index (χ1n) is 8.58. The van der Waals surface area contributed by atoms with Crippen molar-refractivity contribution in [3.05, 3.63) is 28.8 Å². The maximum absolute atomic E-state index is 12.8. The number of ether oxygens (including phenoxy) is 2. The minimum absolute atomic E-state index is 0.0326. The highest BCUT2D eigenvalue weighted by molar-refractivity contribution is 5.85. The number of esters is 1. The van der Waals surface area contributed by atoms with Gasteiger partial charge in [-0.15, -0.1) is 0 Å². The molecule has 25 heavy (non-hydrogen) atoms. The van der Waals surface area contributed by atoms with Crippen LogP contribution < -0.4 is 4.74 Å². The van der Waals surface area contributed by atoms with Crippen molar-refractivity contribution in [1.82, 2.24) is 0 Å². The summed E-state index contributed by atoms with van der Waals surface area (Å²) in [5.74, 6) is -1.02. The van der Waals surface area contributed by atoms with Gasteiger partial charge in [-0.1, -0.05) is 13.0 Å². The van der Waals surface area contributed by atoms with E-state index >= 15 is 0 Å². The molecular weight excluding hydrogens is 324 g/mol. The number of aliphatic hydroxyl groups excluding tert-OH is 2. The van der Waals surface area contributed by atoms with Crippen molar-refractivity contribution >= 4 is 12.3 Å². The van der Waals surface area contributed by atoms with E-state index in [0.29, 0.717) is 12.0 Å². The molecule has 1 aromatic carbocycles. The first kappa shape index (κ1) is 16.5. The highest BCUT2D eigenvalue weighted by atomic mass is 16.6. The van der Waals surface area contributed by atoms with Crippen LogP contribution in [-0.4, -0.2) is 41.8 Å². The lowest BCUT2D eigenvalue weighted by Crippen LogP contribution is -2.66. The summed E-state index contributed by atoms with van der Waals surface area (Å²) in [4.78, 5) is 24.2.